The fourth-order valence-corrected chi connectivity index (χ4v) is 3.74. The number of nitrogens with one attached hydrogen (secondary N) is 1. The van der Waals surface area contributed by atoms with Gasteiger partial charge in [0.15, 0.2) is 0 Å². The van der Waals surface area contributed by atoms with Crippen LogP contribution in [-0.4, -0.2) is 47.6 Å². The summed E-state index contributed by atoms with van der Waals surface area (Å²) in [5.41, 5.74) is 0. The largest absolute Gasteiger partial charge is 0.381 e. The van der Waals surface area contributed by atoms with Crippen LogP contribution in [0.15, 0.2) is 0 Å². The molecule has 1 unspecified atom stereocenters. The molecule has 7 heteroatoms. The van der Waals surface area contributed by atoms with Crippen LogP contribution < -0.4 is 10.2 Å². The fraction of sp³-hybridized carbons (Fsp3) is 0.800. The molecule has 122 valence electrons. The van der Waals surface area contributed by atoms with Crippen molar-refractivity contribution in [1.29, 1.82) is 0 Å². The average Bonchev–Trinajstić information content (AvgIpc) is 3.17. The Morgan fingerprint density at radius 3 is 2.82 bits per heavy atom. The van der Waals surface area contributed by atoms with E-state index in [1.54, 1.807) is 0 Å². The third kappa shape index (κ3) is 3.57. The van der Waals surface area contributed by atoms with Gasteiger partial charge in [-0.3, -0.25) is 4.79 Å². The van der Waals surface area contributed by atoms with E-state index in [-0.39, 0.29) is 17.9 Å². The third-order valence-electron chi connectivity index (χ3n) is 4.34. The molecule has 1 N–H and O–H groups in total. The van der Waals surface area contributed by atoms with Gasteiger partial charge in [0.05, 0.1) is 5.92 Å². The maximum absolute atomic E-state index is 12.4. The predicted molar refractivity (Wildman–Crippen MR) is 86.3 cm³/mol. The number of hydrogen-bond acceptors (Lipinski definition) is 6. The first-order chi connectivity index (χ1) is 10.6. The highest BCUT2D eigenvalue weighted by Crippen LogP contribution is 2.27. The van der Waals surface area contributed by atoms with Crippen molar-refractivity contribution in [1.82, 2.24) is 14.7 Å². The lowest BCUT2D eigenvalue weighted by Gasteiger charge is -2.24. The molecule has 2 aliphatic heterocycles. The summed E-state index contributed by atoms with van der Waals surface area (Å²) in [6, 6.07) is 0.282. The predicted octanol–water partition coefficient (Wildman–Crippen LogP) is 1.78. The summed E-state index contributed by atoms with van der Waals surface area (Å²) in [6.07, 6.45) is 2.75. The zero-order chi connectivity index (χ0) is 15.5. The number of rotatable bonds is 4. The number of carbonyl (C=O) groups is 1. The van der Waals surface area contributed by atoms with Gasteiger partial charge in [-0.05, 0) is 19.3 Å². The van der Waals surface area contributed by atoms with Crippen LogP contribution in [0.4, 0.5) is 5.13 Å². The highest BCUT2D eigenvalue weighted by atomic mass is 32.1. The van der Waals surface area contributed by atoms with Crippen molar-refractivity contribution < 1.29 is 9.53 Å². The Labute approximate surface area is 135 Å². The first kappa shape index (κ1) is 15.7. The van der Waals surface area contributed by atoms with Crippen LogP contribution in [0, 0.1) is 5.92 Å². The number of aromatic nitrogens is 2. The van der Waals surface area contributed by atoms with Crippen LogP contribution >= 0.6 is 11.5 Å². The molecule has 2 aliphatic rings. The normalized spacial score (nSPS) is 23.2. The Balaban J connectivity index is 1.53. The van der Waals surface area contributed by atoms with Gasteiger partial charge in [-0.1, -0.05) is 13.8 Å². The van der Waals surface area contributed by atoms with E-state index in [4.69, 9.17) is 4.74 Å². The molecule has 1 amide bonds. The van der Waals surface area contributed by atoms with Crippen molar-refractivity contribution in [2.24, 2.45) is 5.92 Å². The van der Waals surface area contributed by atoms with Crippen LogP contribution in [0.2, 0.25) is 0 Å². The number of carbonyl (C=O) groups excluding carboxylic acids is 1. The van der Waals surface area contributed by atoms with Gasteiger partial charge in [0.25, 0.3) is 0 Å². The summed E-state index contributed by atoms with van der Waals surface area (Å²) in [4.78, 5) is 19.2. The summed E-state index contributed by atoms with van der Waals surface area (Å²) in [5.74, 6) is 1.49. The van der Waals surface area contributed by atoms with Crippen LogP contribution in [-0.2, 0) is 9.53 Å². The Hall–Kier alpha value is -1.21. The maximum atomic E-state index is 12.4. The molecule has 0 spiro atoms. The lowest BCUT2D eigenvalue weighted by atomic mass is 10.1. The van der Waals surface area contributed by atoms with Crippen LogP contribution in [0.5, 0.6) is 0 Å². The molecule has 2 saturated heterocycles. The highest BCUT2D eigenvalue weighted by Gasteiger charge is 2.31. The second-order valence-corrected chi connectivity index (χ2v) is 7.15. The second-order valence-electron chi connectivity index (χ2n) is 6.42. The van der Waals surface area contributed by atoms with Crippen molar-refractivity contribution in [3.63, 3.8) is 0 Å². The van der Waals surface area contributed by atoms with Crippen molar-refractivity contribution in [2.45, 2.75) is 45.1 Å². The number of amides is 1. The lowest BCUT2D eigenvalue weighted by Crippen LogP contribution is -2.42. The van der Waals surface area contributed by atoms with Crippen LogP contribution in [0.1, 0.15) is 44.9 Å². The minimum atomic E-state index is 0.0641. The first-order valence-corrected chi connectivity index (χ1v) is 8.87. The Kier molecular flexibility index (Phi) is 4.93. The summed E-state index contributed by atoms with van der Waals surface area (Å²) in [6.45, 7) is 7.34. The monoisotopic (exact) mass is 324 g/mol. The molecule has 0 aliphatic carbocycles. The molecule has 3 rings (SSSR count). The number of hydrogen-bond donors (Lipinski definition) is 1. The van der Waals surface area contributed by atoms with E-state index in [9.17, 15) is 4.79 Å². The molecule has 1 aromatic heterocycles. The van der Waals surface area contributed by atoms with Crippen LogP contribution in [0.25, 0.3) is 0 Å². The molecular formula is C15H24N4O2S. The van der Waals surface area contributed by atoms with Gasteiger partial charge >= 0.3 is 0 Å². The van der Waals surface area contributed by atoms with Gasteiger partial charge in [-0.2, -0.15) is 4.37 Å². The molecular weight excluding hydrogens is 300 g/mol. The van der Waals surface area contributed by atoms with Crippen LogP contribution in [0.3, 0.4) is 0 Å². The molecule has 0 radical (unpaired) electrons. The van der Waals surface area contributed by atoms with E-state index in [1.807, 2.05) is 0 Å². The van der Waals surface area contributed by atoms with E-state index < -0.39 is 0 Å². The first-order valence-electron chi connectivity index (χ1n) is 8.10. The fourth-order valence-electron chi connectivity index (χ4n) is 2.90. The van der Waals surface area contributed by atoms with Gasteiger partial charge < -0.3 is 15.0 Å². The molecule has 22 heavy (non-hydrogen) atoms. The highest BCUT2D eigenvalue weighted by molar-refractivity contribution is 7.09. The summed E-state index contributed by atoms with van der Waals surface area (Å²) in [5, 5.41) is 4.13. The smallest absolute Gasteiger partial charge is 0.225 e. The van der Waals surface area contributed by atoms with Gasteiger partial charge in [-0.15, -0.1) is 0 Å². The van der Waals surface area contributed by atoms with E-state index in [1.165, 1.54) is 11.5 Å². The van der Waals surface area contributed by atoms with Crippen molar-refractivity contribution in [3.8, 4) is 0 Å². The molecule has 2 fully saturated rings. The van der Waals surface area contributed by atoms with Crippen molar-refractivity contribution in [3.05, 3.63) is 5.82 Å². The lowest BCUT2D eigenvalue weighted by molar-refractivity contribution is -0.125. The molecule has 0 bridgehead atoms. The zero-order valence-corrected chi connectivity index (χ0v) is 14.1. The third-order valence-corrected chi connectivity index (χ3v) is 5.14. The summed E-state index contributed by atoms with van der Waals surface area (Å²) >= 11 is 1.44. The maximum Gasteiger partial charge on any atom is 0.225 e. The molecule has 0 saturated carbocycles. The van der Waals surface area contributed by atoms with Gasteiger partial charge in [-0.25, -0.2) is 4.98 Å². The Morgan fingerprint density at radius 2 is 2.14 bits per heavy atom. The molecule has 3 heterocycles. The van der Waals surface area contributed by atoms with Gasteiger partial charge in [0, 0.05) is 49.8 Å². The summed E-state index contributed by atoms with van der Waals surface area (Å²) < 4.78 is 9.73. The Morgan fingerprint density at radius 1 is 1.36 bits per heavy atom. The Bertz CT molecular complexity index is 513. The SMILES string of the molecule is CC(C)c1nsc(N2CCC(C(=O)NC3CCOCC3)C2)n1. The van der Waals surface area contributed by atoms with E-state index >= 15 is 0 Å². The molecule has 0 aromatic carbocycles. The topological polar surface area (TPSA) is 67.4 Å². The van der Waals surface area contributed by atoms with Gasteiger partial charge in [0.1, 0.15) is 5.82 Å². The quantitative estimate of drug-likeness (QED) is 0.914. The van der Waals surface area contributed by atoms with Crippen molar-refractivity contribution in [2.75, 3.05) is 31.2 Å². The molecule has 1 aromatic rings. The minimum Gasteiger partial charge on any atom is -0.381 e. The van der Waals surface area contributed by atoms with E-state index in [2.05, 4.69) is 33.4 Å². The van der Waals surface area contributed by atoms with E-state index in [0.29, 0.717) is 5.92 Å². The van der Waals surface area contributed by atoms with E-state index in [0.717, 1.165) is 56.5 Å². The average molecular weight is 324 g/mol. The molecule has 1 atom stereocenters. The van der Waals surface area contributed by atoms with Gasteiger partial charge in [0.2, 0.25) is 11.0 Å². The minimum absolute atomic E-state index is 0.0641. The number of anilines is 1. The zero-order valence-electron chi connectivity index (χ0n) is 13.2. The second kappa shape index (κ2) is 6.91. The molecule has 6 nitrogen and oxygen atoms in total. The number of nitrogens with zero attached hydrogens (tertiary/aromatic N) is 3. The van der Waals surface area contributed by atoms with Crippen molar-refractivity contribution >= 4 is 22.6 Å². The standard InChI is InChI=1S/C15H24N4O2S/c1-10(2)13-17-15(22-18-13)19-6-3-11(9-19)14(20)16-12-4-7-21-8-5-12/h10-12H,3-9H2,1-2H3,(H,16,20). The number of ether oxygens (including phenoxy) is 1. The summed E-state index contributed by atoms with van der Waals surface area (Å²) in [7, 11) is 0.